The molecule has 29 heavy (non-hydrogen) atoms. The summed E-state index contributed by atoms with van der Waals surface area (Å²) in [7, 11) is 0. The molecule has 0 aliphatic carbocycles. The van der Waals surface area contributed by atoms with Crippen LogP contribution in [0.5, 0.6) is 0 Å². The maximum absolute atomic E-state index is 4.92. The summed E-state index contributed by atoms with van der Waals surface area (Å²) in [6.45, 7) is 14.4. The largest absolute Gasteiger partial charge is 0.324 e. The van der Waals surface area contributed by atoms with E-state index in [0.717, 1.165) is 41.2 Å². The quantitative estimate of drug-likeness (QED) is 0.488. The van der Waals surface area contributed by atoms with Crippen molar-refractivity contribution >= 4 is 11.7 Å². The van der Waals surface area contributed by atoms with Crippen molar-refractivity contribution in [3.63, 3.8) is 0 Å². The van der Waals surface area contributed by atoms with E-state index in [4.69, 9.17) is 9.98 Å². The molecule has 0 spiro atoms. The molecule has 0 unspecified atom stereocenters. The molecule has 1 aromatic rings. The Morgan fingerprint density at radius 1 is 0.862 bits per heavy atom. The Balaban J connectivity index is 0.00000204. The first-order valence-electron chi connectivity index (χ1n) is 10.8. The molecular formula is C26H37N3. The highest BCUT2D eigenvalue weighted by Crippen LogP contribution is 2.25. The monoisotopic (exact) mass is 391 g/mol. The summed E-state index contributed by atoms with van der Waals surface area (Å²) >= 11 is 0. The second-order valence-corrected chi connectivity index (χ2v) is 6.50. The molecule has 3 nitrogen and oxygen atoms in total. The zero-order chi connectivity index (χ0) is 21.6. The van der Waals surface area contributed by atoms with Crippen LogP contribution in [0.1, 0.15) is 71.7 Å². The van der Waals surface area contributed by atoms with Gasteiger partial charge in [-0.15, -0.1) is 0 Å². The number of rotatable bonds is 7. The van der Waals surface area contributed by atoms with Crippen LogP contribution in [0.2, 0.25) is 0 Å². The van der Waals surface area contributed by atoms with Crippen LogP contribution in [-0.2, 0) is 0 Å². The number of amidine groups is 2. The van der Waals surface area contributed by atoms with Crippen molar-refractivity contribution in [2.45, 2.75) is 67.5 Å². The van der Waals surface area contributed by atoms with Gasteiger partial charge in [0, 0.05) is 11.1 Å². The molecule has 1 heterocycles. The third-order valence-corrected chi connectivity index (χ3v) is 4.20. The van der Waals surface area contributed by atoms with E-state index in [-0.39, 0.29) is 6.17 Å². The summed E-state index contributed by atoms with van der Waals surface area (Å²) in [5.41, 5.74) is 4.54. The van der Waals surface area contributed by atoms with Gasteiger partial charge in [-0.25, -0.2) is 9.98 Å². The molecule has 0 saturated carbocycles. The standard InChI is InChI=1S/C24H31N3.C2H6/c1-6-10-19(11-7-2)22-25-23(20(12-8-3)13-9-4)27-24(26-22)21-16-14-18(5)15-17-21;1-2/h6,8,10-17,24H,7,9H2,1-5H3,(H,25,26,27);1-2H3/b10-6-,12-8-,19-11+,20-13+;. The van der Waals surface area contributed by atoms with Gasteiger partial charge in [-0.2, -0.15) is 0 Å². The van der Waals surface area contributed by atoms with Crippen LogP contribution in [0.4, 0.5) is 0 Å². The first kappa shape index (κ1) is 24.4. The SMILES string of the molecule is C/C=C\C(=C/CC)C1=NC(c2ccc(C)cc2)N=C(C(/C=C\C)=C/CC)N1.CC. The average molecular weight is 392 g/mol. The van der Waals surface area contributed by atoms with Crippen molar-refractivity contribution < 1.29 is 0 Å². The zero-order valence-corrected chi connectivity index (χ0v) is 19.2. The van der Waals surface area contributed by atoms with Crippen LogP contribution in [0.25, 0.3) is 0 Å². The lowest BCUT2D eigenvalue weighted by Gasteiger charge is -2.23. The smallest absolute Gasteiger partial charge is 0.169 e. The Morgan fingerprint density at radius 2 is 1.31 bits per heavy atom. The lowest BCUT2D eigenvalue weighted by molar-refractivity contribution is 0.755. The molecule has 1 N–H and O–H groups in total. The van der Waals surface area contributed by atoms with Gasteiger partial charge in [-0.3, -0.25) is 0 Å². The van der Waals surface area contributed by atoms with E-state index in [0.29, 0.717) is 0 Å². The van der Waals surface area contributed by atoms with Crippen molar-refractivity contribution in [3.8, 4) is 0 Å². The second-order valence-electron chi connectivity index (χ2n) is 6.50. The minimum absolute atomic E-state index is 0.243. The summed E-state index contributed by atoms with van der Waals surface area (Å²) in [6, 6.07) is 8.47. The molecule has 0 aromatic heterocycles. The molecule has 1 aliphatic rings. The third-order valence-electron chi connectivity index (χ3n) is 4.20. The molecule has 0 atom stereocenters. The van der Waals surface area contributed by atoms with Crippen molar-refractivity contribution in [3.05, 3.63) is 83.0 Å². The van der Waals surface area contributed by atoms with E-state index in [9.17, 15) is 0 Å². The van der Waals surface area contributed by atoms with E-state index in [1.54, 1.807) is 0 Å². The number of aliphatic imine (C=N–C) groups is 2. The number of benzene rings is 1. The number of hydrogen-bond donors (Lipinski definition) is 1. The number of nitrogens with one attached hydrogen (secondary N) is 1. The van der Waals surface area contributed by atoms with Crippen molar-refractivity contribution in [2.24, 2.45) is 9.98 Å². The molecular weight excluding hydrogens is 354 g/mol. The Morgan fingerprint density at radius 3 is 1.69 bits per heavy atom. The molecule has 3 heteroatoms. The lowest BCUT2D eigenvalue weighted by atomic mass is 10.1. The Kier molecular flexibility index (Phi) is 11.3. The predicted molar refractivity (Wildman–Crippen MR) is 130 cm³/mol. The molecule has 0 amide bonds. The van der Waals surface area contributed by atoms with Crippen LogP contribution in [0.15, 0.2) is 81.9 Å². The van der Waals surface area contributed by atoms with Crippen molar-refractivity contribution in [2.75, 3.05) is 0 Å². The fourth-order valence-electron chi connectivity index (χ4n) is 2.92. The lowest BCUT2D eigenvalue weighted by Crippen LogP contribution is -2.36. The highest BCUT2D eigenvalue weighted by atomic mass is 15.2. The van der Waals surface area contributed by atoms with Crippen molar-refractivity contribution in [1.82, 2.24) is 5.32 Å². The second kappa shape index (κ2) is 13.5. The van der Waals surface area contributed by atoms with E-state index in [1.165, 1.54) is 5.56 Å². The van der Waals surface area contributed by atoms with Gasteiger partial charge >= 0.3 is 0 Å². The van der Waals surface area contributed by atoms with Crippen molar-refractivity contribution in [1.29, 1.82) is 0 Å². The van der Waals surface area contributed by atoms with Gasteiger partial charge in [-0.1, -0.05) is 94.0 Å². The first-order chi connectivity index (χ1) is 14.1. The minimum Gasteiger partial charge on any atom is -0.324 e. The number of allylic oxidation sites excluding steroid dienone is 4. The van der Waals surface area contributed by atoms with Gasteiger partial charge in [-0.05, 0) is 39.2 Å². The predicted octanol–water partition coefficient (Wildman–Crippen LogP) is 7.25. The van der Waals surface area contributed by atoms with E-state index < -0.39 is 0 Å². The van der Waals surface area contributed by atoms with E-state index in [1.807, 2.05) is 39.8 Å². The maximum atomic E-state index is 4.92. The van der Waals surface area contributed by atoms with Gasteiger partial charge < -0.3 is 5.32 Å². The van der Waals surface area contributed by atoms with E-state index >= 15 is 0 Å². The van der Waals surface area contributed by atoms with Crippen LogP contribution < -0.4 is 5.32 Å². The molecule has 0 radical (unpaired) electrons. The molecule has 156 valence electrons. The van der Waals surface area contributed by atoms with Crippen LogP contribution in [0.3, 0.4) is 0 Å². The summed E-state index contributed by atoms with van der Waals surface area (Å²) in [5, 5.41) is 3.46. The summed E-state index contributed by atoms with van der Waals surface area (Å²) in [6.07, 6.45) is 14.3. The number of hydrogen-bond acceptors (Lipinski definition) is 3. The van der Waals surface area contributed by atoms with Gasteiger partial charge in [0.2, 0.25) is 0 Å². The molecule has 0 fully saturated rings. The molecule has 1 aliphatic heterocycles. The van der Waals surface area contributed by atoms with Gasteiger partial charge in [0.05, 0.1) is 0 Å². The van der Waals surface area contributed by atoms with Crippen LogP contribution in [0, 0.1) is 6.92 Å². The Bertz CT molecular complexity index is 757. The molecule has 0 bridgehead atoms. The van der Waals surface area contributed by atoms with Crippen LogP contribution in [-0.4, -0.2) is 11.7 Å². The molecule has 2 rings (SSSR count). The fraction of sp³-hybridized carbons (Fsp3) is 0.385. The summed E-state index contributed by atoms with van der Waals surface area (Å²) in [5.74, 6) is 1.74. The van der Waals surface area contributed by atoms with Gasteiger partial charge in [0.25, 0.3) is 0 Å². The minimum atomic E-state index is -0.243. The maximum Gasteiger partial charge on any atom is 0.169 e. The molecule has 0 saturated heterocycles. The first-order valence-corrected chi connectivity index (χ1v) is 10.8. The number of nitrogens with zero attached hydrogens (tertiary/aromatic N) is 2. The highest BCUT2D eigenvalue weighted by molar-refractivity contribution is 6.17. The summed E-state index contributed by atoms with van der Waals surface area (Å²) in [4.78, 5) is 9.84. The van der Waals surface area contributed by atoms with E-state index in [2.05, 4.69) is 74.7 Å². The van der Waals surface area contributed by atoms with Crippen LogP contribution >= 0.6 is 0 Å². The van der Waals surface area contributed by atoms with Gasteiger partial charge in [0.1, 0.15) is 11.7 Å². The topological polar surface area (TPSA) is 36.8 Å². The average Bonchev–Trinajstić information content (AvgIpc) is 2.75. The number of aryl methyl sites for hydroxylation is 1. The van der Waals surface area contributed by atoms with Gasteiger partial charge in [0.15, 0.2) is 6.17 Å². The molecule has 1 aromatic carbocycles. The third kappa shape index (κ3) is 7.34. The highest BCUT2D eigenvalue weighted by Gasteiger charge is 2.21. The summed E-state index contributed by atoms with van der Waals surface area (Å²) < 4.78 is 0. The fourth-order valence-corrected chi connectivity index (χ4v) is 2.92. The Hall–Kier alpha value is -2.68. The zero-order valence-electron chi connectivity index (χ0n) is 19.2. The Labute approximate surface area is 177 Å². The normalized spacial score (nSPS) is 17.6.